The zero-order valence-corrected chi connectivity index (χ0v) is 17.4. The Balaban J connectivity index is 1.74. The summed E-state index contributed by atoms with van der Waals surface area (Å²) in [6, 6.07) is 7.74. The predicted octanol–water partition coefficient (Wildman–Crippen LogP) is 4.47. The third-order valence-corrected chi connectivity index (χ3v) is 6.18. The zero-order valence-electron chi connectivity index (χ0n) is 15.8. The van der Waals surface area contributed by atoms with E-state index in [1.807, 2.05) is 0 Å². The molecule has 1 saturated carbocycles. The molecule has 9 heteroatoms. The van der Waals surface area contributed by atoms with Crippen molar-refractivity contribution in [3.8, 4) is 5.69 Å². The number of halogens is 3. The van der Waals surface area contributed by atoms with E-state index in [-0.39, 0.29) is 33.9 Å². The number of fused-ring (bicyclic) bond motifs is 1. The topological polar surface area (TPSA) is 64.0 Å². The summed E-state index contributed by atoms with van der Waals surface area (Å²) in [7, 11) is 0. The van der Waals surface area contributed by atoms with Crippen LogP contribution in [0.4, 0.5) is 8.78 Å². The van der Waals surface area contributed by atoms with E-state index in [1.54, 1.807) is 12.1 Å². The summed E-state index contributed by atoms with van der Waals surface area (Å²) in [6.07, 6.45) is 4.10. The standard InChI is InChI=1S/C21H18ClF2N3O2S/c22-12-5-7-17-15(9-12)20(29)27(18-8-6-13(23)10-16(18)24)21(26-17)30-11-19(28)25-14-3-1-2-4-14/h5-10,14H,1-4,11H2,(H,25,28). The van der Waals surface area contributed by atoms with Crippen molar-refractivity contribution >= 4 is 40.2 Å². The first-order valence-electron chi connectivity index (χ1n) is 9.52. The average molecular weight is 450 g/mol. The number of hydrogen-bond acceptors (Lipinski definition) is 4. The van der Waals surface area contributed by atoms with Gasteiger partial charge in [0, 0.05) is 17.1 Å². The van der Waals surface area contributed by atoms with E-state index >= 15 is 0 Å². The van der Waals surface area contributed by atoms with Gasteiger partial charge in [0.05, 0.1) is 22.3 Å². The van der Waals surface area contributed by atoms with E-state index < -0.39 is 17.2 Å². The Morgan fingerprint density at radius 2 is 1.97 bits per heavy atom. The smallest absolute Gasteiger partial charge is 0.266 e. The number of hydrogen-bond donors (Lipinski definition) is 1. The van der Waals surface area contributed by atoms with Gasteiger partial charge >= 0.3 is 0 Å². The molecular formula is C21H18ClF2N3O2S. The Morgan fingerprint density at radius 3 is 2.70 bits per heavy atom. The first kappa shape index (κ1) is 20.8. The van der Waals surface area contributed by atoms with Gasteiger partial charge in [-0.15, -0.1) is 0 Å². The van der Waals surface area contributed by atoms with Crippen molar-refractivity contribution in [3.05, 3.63) is 63.4 Å². The van der Waals surface area contributed by atoms with Gasteiger partial charge in [-0.25, -0.2) is 13.8 Å². The molecule has 1 N–H and O–H groups in total. The molecule has 0 bridgehead atoms. The fourth-order valence-electron chi connectivity index (χ4n) is 3.58. The molecule has 1 fully saturated rings. The normalized spacial score (nSPS) is 14.4. The minimum atomic E-state index is -0.905. The maximum absolute atomic E-state index is 14.5. The SMILES string of the molecule is O=C(CSc1nc2ccc(Cl)cc2c(=O)n1-c1ccc(F)cc1F)NC1CCCC1. The number of amides is 1. The molecule has 0 aliphatic heterocycles. The van der Waals surface area contributed by atoms with Crippen molar-refractivity contribution < 1.29 is 13.6 Å². The van der Waals surface area contributed by atoms with Gasteiger partial charge in [-0.2, -0.15) is 0 Å². The number of carbonyl (C=O) groups is 1. The van der Waals surface area contributed by atoms with Gasteiger partial charge in [0.1, 0.15) is 11.6 Å². The summed E-state index contributed by atoms with van der Waals surface area (Å²) in [5, 5.41) is 3.65. The number of nitrogens with one attached hydrogen (secondary N) is 1. The highest BCUT2D eigenvalue weighted by molar-refractivity contribution is 7.99. The van der Waals surface area contributed by atoms with E-state index in [0.717, 1.165) is 48.1 Å². The summed E-state index contributed by atoms with van der Waals surface area (Å²) in [4.78, 5) is 29.9. The minimum absolute atomic E-state index is 0.0187. The van der Waals surface area contributed by atoms with Crippen molar-refractivity contribution in [1.82, 2.24) is 14.9 Å². The molecule has 5 nitrogen and oxygen atoms in total. The number of aromatic nitrogens is 2. The number of thioether (sulfide) groups is 1. The molecule has 1 aliphatic carbocycles. The molecule has 30 heavy (non-hydrogen) atoms. The van der Waals surface area contributed by atoms with Gasteiger partial charge in [0.15, 0.2) is 5.16 Å². The number of benzene rings is 2. The average Bonchev–Trinajstić information content (AvgIpc) is 3.21. The van der Waals surface area contributed by atoms with Crippen LogP contribution in [0.3, 0.4) is 0 Å². The van der Waals surface area contributed by atoms with Crippen LogP contribution < -0.4 is 10.9 Å². The van der Waals surface area contributed by atoms with Crippen LogP contribution in [0.1, 0.15) is 25.7 Å². The van der Waals surface area contributed by atoms with Crippen LogP contribution >= 0.6 is 23.4 Å². The van der Waals surface area contributed by atoms with Crippen molar-refractivity contribution in [1.29, 1.82) is 0 Å². The maximum Gasteiger partial charge on any atom is 0.266 e. The predicted molar refractivity (Wildman–Crippen MR) is 113 cm³/mol. The van der Waals surface area contributed by atoms with Gasteiger partial charge < -0.3 is 5.32 Å². The Labute approximate surface area is 180 Å². The second-order valence-electron chi connectivity index (χ2n) is 7.13. The molecule has 0 saturated heterocycles. The highest BCUT2D eigenvalue weighted by atomic mass is 35.5. The Hall–Kier alpha value is -2.45. The van der Waals surface area contributed by atoms with Crippen molar-refractivity contribution in [2.24, 2.45) is 0 Å². The lowest BCUT2D eigenvalue weighted by Gasteiger charge is -2.15. The van der Waals surface area contributed by atoms with Crippen LogP contribution in [0.5, 0.6) is 0 Å². The minimum Gasteiger partial charge on any atom is -0.353 e. The van der Waals surface area contributed by atoms with Gasteiger partial charge in [0.25, 0.3) is 5.56 Å². The molecule has 1 aromatic heterocycles. The molecule has 0 unspecified atom stereocenters. The largest absolute Gasteiger partial charge is 0.353 e. The summed E-state index contributed by atoms with van der Waals surface area (Å²) < 4.78 is 29.0. The van der Waals surface area contributed by atoms with Crippen LogP contribution in [0.15, 0.2) is 46.3 Å². The van der Waals surface area contributed by atoms with Gasteiger partial charge in [-0.1, -0.05) is 36.2 Å². The molecule has 0 radical (unpaired) electrons. The lowest BCUT2D eigenvalue weighted by Crippen LogP contribution is -2.34. The second-order valence-corrected chi connectivity index (χ2v) is 8.51. The Bertz CT molecular complexity index is 1180. The monoisotopic (exact) mass is 449 g/mol. The maximum atomic E-state index is 14.5. The van der Waals surface area contributed by atoms with Crippen molar-refractivity contribution in [2.75, 3.05) is 5.75 Å². The number of rotatable bonds is 5. The Kier molecular flexibility index (Phi) is 6.06. The zero-order chi connectivity index (χ0) is 21.3. The second kappa shape index (κ2) is 8.73. The van der Waals surface area contributed by atoms with E-state index in [9.17, 15) is 18.4 Å². The molecule has 2 aromatic carbocycles. The lowest BCUT2D eigenvalue weighted by molar-refractivity contribution is -0.119. The van der Waals surface area contributed by atoms with E-state index in [0.29, 0.717) is 16.6 Å². The van der Waals surface area contributed by atoms with Crippen LogP contribution in [0, 0.1) is 11.6 Å². The van der Waals surface area contributed by atoms with Gasteiger partial charge in [-0.05, 0) is 43.2 Å². The third-order valence-electron chi connectivity index (χ3n) is 5.00. The lowest BCUT2D eigenvalue weighted by atomic mass is 10.2. The molecule has 1 amide bonds. The number of carbonyl (C=O) groups excluding carboxylic acids is 1. The summed E-state index contributed by atoms with van der Waals surface area (Å²) >= 11 is 7.03. The summed E-state index contributed by atoms with van der Waals surface area (Å²) in [5.41, 5.74) is -0.317. The molecule has 156 valence electrons. The molecule has 3 aromatic rings. The van der Waals surface area contributed by atoms with Crippen molar-refractivity contribution in [2.45, 2.75) is 36.9 Å². The first-order chi connectivity index (χ1) is 14.4. The molecular weight excluding hydrogens is 432 g/mol. The first-order valence-corrected chi connectivity index (χ1v) is 10.9. The van der Waals surface area contributed by atoms with Crippen LogP contribution in [0.25, 0.3) is 16.6 Å². The molecule has 0 atom stereocenters. The highest BCUT2D eigenvalue weighted by Gasteiger charge is 2.20. The highest BCUT2D eigenvalue weighted by Crippen LogP contribution is 2.25. The quantitative estimate of drug-likeness (QED) is 0.461. The summed E-state index contributed by atoms with van der Waals surface area (Å²) in [5.74, 6) is -1.82. The fourth-order valence-corrected chi connectivity index (χ4v) is 4.57. The molecule has 1 heterocycles. The van der Waals surface area contributed by atoms with E-state index in [1.165, 1.54) is 12.1 Å². The Morgan fingerprint density at radius 1 is 1.20 bits per heavy atom. The molecule has 0 spiro atoms. The van der Waals surface area contributed by atoms with E-state index in [4.69, 9.17) is 11.6 Å². The molecule has 4 rings (SSSR count). The number of nitrogens with zero attached hydrogens (tertiary/aromatic N) is 2. The van der Waals surface area contributed by atoms with Crippen molar-refractivity contribution in [3.63, 3.8) is 0 Å². The van der Waals surface area contributed by atoms with Gasteiger partial charge in [-0.3, -0.25) is 14.2 Å². The van der Waals surface area contributed by atoms with E-state index in [2.05, 4.69) is 10.3 Å². The third kappa shape index (κ3) is 4.34. The van der Waals surface area contributed by atoms with Crippen LogP contribution in [0.2, 0.25) is 5.02 Å². The molecule has 1 aliphatic rings. The van der Waals surface area contributed by atoms with Gasteiger partial charge in [0.2, 0.25) is 5.91 Å². The fraction of sp³-hybridized carbons (Fsp3) is 0.286. The van der Waals surface area contributed by atoms with Crippen LogP contribution in [-0.2, 0) is 4.79 Å². The van der Waals surface area contributed by atoms with Crippen LogP contribution in [-0.4, -0.2) is 27.3 Å². The summed E-state index contributed by atoms with van der Waals surface area (Å²) in [6.45, 7) is 0.